The van der Waals surface area contributed by atoms with Crippen molar-refractivity contribution in [3.05, 3.63) is 12.0 Å². The van der Waals surface area contributed by atoms with Gasteiger partial charge in [0.2, 0.25) is 0 Å². The maximum absolute atomic E-state index is 11.5. The van der Waals surface area contributed by atoms with Gasteiger partial charge in [-0.1, -0.05) is 40.0 Å². The predicted octanol–water partition coefficient (Wildman–Crippen LogP) is 3.87. The topological polar surface area (TPSA) is 64.4 Å². The van der Waals surface area contributed by atoms with Crippen LogP contribution in [0.4, 0.5) is 6.01 Å². The van der Waals surface area contributed by atoms with Gasteiger partial charge in [0.1, 0.15) is 6.26 Å². The monoisotopic (exact) mass is 282 g/mol. The number of nitrogens with one attached hydrogen (secondary N) is 1. The quantitative estimate of drug-likeness (QED) is 0.550. The van der Waals surface area contributed by atoms with Crippen molar-refractivity contribution in [3.8, 4) is 0 Å². The molecule has 1 aromatic heterocycles. The van der Waals surface area contributed by atoms with Crippen LogP contribution in [0, 0.1) is 5.41 Å². The molecule has 5 nitrogen and oxygen atoms in total. The Bertz CT molecular complexity index is 413. The molecule has 0 aliphatic rings. The van der Waals surface area contributed by atoms with Crippen LogP contribution in [0.25, 0.3) is 0 Å². The van der Waals surface area contributed by atoms with Gasteiger partial charge in [0, 0.05) is 6.54 Å². The van der Waals surface area contributed by atoms with Crippen molar-refractivity contribution < 1.29 is 13.9 Å². The van der Waals surface area contributed by atoms with E-state index < -0.39 is 5.97 Å². The van der Waals surface area contributed by atoms with Gasteiger partial charge in [-0.2, -0.15) is 4.98 Å². The van der Waals surface area contributed by atoms with E-state index in [-0.39, 0.29) is 11.1 Å². The largest absolute Gasteiger partial charge is 0.461 e. The SMILES string of the molecule is CCCCCC(C)(C)CNc1nc(C(=O)OCC)co1. The second-order valence-corrected chi connectivity index (χ2v) is 5.73. The number of anilines is 1. The molecular formula is C15H26N2O3. The zero-order valence-corrected chi connectivity index (χ0v) is 13.0. The second-order valence-electron chi connectivity index (χ2n) is 5.73. The van der Waals surface area contributed by atoms with Gasteiger partial charge in [-0.15, -0.1) is 0 Å². The number of carbonyl (C=O) groups is 1. The fraction of sp³-hybridized carbons (Fsp3) is 0.733. The fourth-order valence-corrected chi connectivity index (χ4v) is 1.91. The van der Waals surface area contributed by atoms with Gasteiger partial charge in [-0.3, -0.25) is 0 Å². The minimum absolute atomic E-state index is 0.174. The second kappa shape index (κ2) is 7.92. The summed E-state index contributed by atoms with van der Waals surface area (Å²) in [5.41, 5.74) is 0.381. The van der Waals surface area contributed by atoms with Gasteiger partial charge in [-0.25, -0.2) is 4.79 Å². The molecule has 1 rings (SSSR count). The molecule has 0 bridgehead atoms. The first-order valence-electron chi connectivity index (χ1n) is 7.35. The first-order valence-corrected chi connectivity index (χ1v) is 7.35. The number of rotatable bonds is 9. The summed E-state index contributed by atoms with van der Waals surface area (Å²) in [5, 5.41) is 3.14. The highest BCUT2D eigenvalue weighted by Gasteiger charge is 2.19. The molecule has 0 saturated heterocycles. The van der Waals surface area contributed by atoms with E-state index in [0.29, 0.717) is 12.6 Å². The summed E-state index contributed by atoms with van der Waals surface area (Å²) in [5.74, 6) is -0.452. The average Bonchev–Trinajstić information content (AvgIpc) is 2.86. The van der Waals surface area contributed by atoms with Crippen molar-refractivity contribution in [2.75, 3.05) is 18.5 Å². The van der Waals surface area contributed by atoms with Crippen LogP contribution in [0.2, 0.25) is 0 Å². The molecule has 0 radical (unpaired) electrons. The van der Waals surface area contributed by atoms with E-state index in [0.717, 1.165) is 13.0 Å². The van der Waals surface area contributed by atoms with Crippen LogP contribution in [0.15, 0.2) is 10.7 Å². The van der Waals surface area contributed by atoms with Crippen LogP contribution >= 0.6 is 0 Å². The van der Waals surface area contributed by atoms with E-state index in [1.165, 1.54) is 25.5 Å². The molecule has 0 aliphatic carbocycles. The number of hydrogen-bond acceptors (Lipinski definition) is 5. The van der Waals surface area contributed by atoms with Gasteiger partial charge in [-0.05, 0) is 18.8 Å². The van der Waals surface area contributed by atoms with Crippen LogP contribution < -0.4 is 5.32 Å². The van der Waals surface area contributed by atoms with Gasteiger partial charge in [0.05, 0.1) is 6.61 Å². The summed E-state index contributed by atoms with van der Waals surface area (Å²) in [6.07, 6.45) is 6.19. The van der Waals surface area contributed by atoms with Gasteiger partial charge < -0.3 is 14.5 Å². The lowest BCUT2D eigenvalue weighted by Crippen LogP contribution is -2.23. The Kier molecular flexibility index (Phi) is 6.55. The molecule has 1 aromatic rings. The molecule has 0 unspecified atom stereocenters. The zero-order valence-electron chi connectivity index (χ0n) is 13.0. The van der Waals surface area contributed by atoms with Crippen molar-refractivity contribution in [3.63, 3.8) is 0 Å². The lowest BCUT2D eigenvalue weighted by molar-refractivity contribution is 0.0519. The Morgan fingerprint density at radius 2 is 2.15 bits per heavy atom. The fourth-order valence-electron chi connectivity index (χ4n) is 1.91. The van der Waals surface area contributed by atoms with Crippen molar-refractivity contribution in [2.45, 2.75) is 53.4 Å². The van der Waals surface area contributed by atoms with E-state index in [1.54, 1.807) is 6.92 Å². The maximum Gasteiger partial charge on any atom is 0.360 e. The van der Waals surface area contributed by atoms with Crippen LogP contribution in [0.3, 0.4) is 0 Å². The number of esters is 1. The minimum Gasteiger partial charge on any atom is -0.461 e. The van der Waals surface area contributed by atoms with Crippen LogP contribution in [0.1, 0.15) is 63.9 Å². The third-order valence-corrected chi connectivity index (χ3v) is 3.16. The summed E-state index contributed by atoms with van der Waals surface area (Å²) >= 11 is 0. The Morgan fingerprint density at radius 1 is 1.40 bits per heavy atom. The molecule has 0 spiro atoms. The highest BCUT2D eigenvalue weighted by atomic mass is 16.5. The molecule has 0 atom stereocenters. The van der Waals surface area contributed by atoms with E-state index in [9.17, 15) is 4.79 Å². The van der Waals surface area contributed by atoms with Crippen LogP contribution in [-0.4, -0.2) is 24.1 Å². The van der Waals surface area contributed by atoms with E-state index >= 15 is 0 Å². The summed E-state index contributed by atoms with van der Waals surface area (Å²) in [6, 6.07) is 0.372. The number of nitrogens with zero attached hydrogens (tertiary/aromatic N) is 1. The zero-order chi connectivity index (χ0) is 15.0. The van der Waals surface area contributed by atoms with Crippen molar-refractivity contribution in [1.29, 1.82) is 0 Å². The Hall–Kier alpha value is -1.52. The molecule has 1 heterocycles. The number of unbranched alkanes of at least 4 members (excludes halogenated alkanes) is 2. The standard InChI is InChI=1S/C15H26N2O3/c1-5-7-8-9-15(3,4)11-16-14-17-12(10-20-14)13(18)19-6-2/h10H,5-9,11H2,1-4H3,(H,16,17). The molecule has 114 valence electrons. The first-order chi connectivity index (χ1) is 9.48. The predicted molar refractivity (Wildman–Crippen MR) is 78.9 cm³/mol. The van der Waals surface area contributed by atoms with Gasteiger partial charge in [0.25, 0.3) is 6.01 Å². The highest BCUT2D eigenvalue weighted by Crippen LogP contribution is 2.24. The highest BCUT2D eigenvalue weighted by molar-refractivity contribution is 5.87. The summed E-state index contributed by atoms with van der Waals surface area (Å²) in [7, 11) is 0. The number of carbonyl (C=O) groups excluding carboxylic acids is 1. The Labute approximate surface area is 121 Å². The third-order valence-electron chi connectivity index (χ3n) is 3.16. The lowest BCUT2D eigenvalue weighted by Gasteiger charge is -2.24. The van der Waals surface area contributed by atoms with Crippen molar-refractivity contribution >= 4 is 12.0 Å². The van der Waals surface area contributed by atoms with Crippen LogP contribution in [0.5, 0.6) is 0 Å². The molecule has 0 saturated carbocycles. The Morgan fingerprint density at radius 3 is 2.80 bits per heavy atom. The summed E-state index contributed by atoms with van der Waals surface area (Å²) in [6.45, 7) is 9.49. The normalized spacial score (nSPS) is 11.4. The third kappa shape index (κ3) is 5.63. The molecule has 0 fully saturated rings. The summed E-state index contributed by atoms with van der Waals surface area (Å²) < 4.78 is 10.1. The average molecular weight is 282 g/mol. The molecule has 20 heavy (non-hydrogen) atoms. The minimum atomic E-state index is -0.452. The molecule has 1 N–H and O–H groups in total. The first kappa shape index (κ1) is 16.5. The summed E-state index contributed by atoms with van der Waals surface area (Å²) in [4.78, 5) is 15.5. The number of aromatic nitrogens is 1. The van der Waals surface area contributed by atoms with E-state index in [4.69, 9.17) is 9.15 Å². The van der Waals surface area contributed by atoms with Gasteiger partial charge >= 0.3 is 5.97 Å². The smallest absolute Gasteiger partial charge is 0.360 e. The molecule has 0 amide bonds. The van der Waals surface area contributed by atoms with Crippen molar-refractivity contribution in [1.82, 2.24) is 4.98 Å². The number of hydrogen-bond donors (Lipinski definition) is 1. The van der Waals surface area contributed by atoms with Crippen LogP contribution in [-0.2, 0) is 4.74 Å². The molecular weight excluding hydrogens is 256 g/mol. The van der Waals surface area contributed by atoms with Crippen molar-refractivity contribution in [2.24, 2.45) is 5.41 Å². The Balaban J connectivity index is 2.43. The van der Waals surface area contributed by atoms with E-state index in [2.05, 4.69) is 31.1 Å². The molecule has 0 aliphatic heterocycles. The maximum atomic E-state index is 11.5. The molecule has 0 aromatic carbocycles. The molecule has 5 heteroatoms. The number of ether oxygens (including phenoxy) is 1. The van der Waals surface area contributed by atoms with Gasteiger partial charge in [0.15, 0.2) is 5.69 Å². The number of oxazole rings is 1. The van der Waals surface area contributed by atoms with E-state index in [1.807, 2.05) is 0 Å². The lowest BCUT2D eigenvalue weighted by atomic mass is 9.87.